The molecule has 0 unspecified atom stereocenters. The highest BCUT2D eigenvalue weighted by molar-refractivity contribution is 7.11. The van der Waals surface area contributed by atoms with Gasteiger partial charge in [0.2, 0.25) is 0 Å². The Labute approximate surface area is 127 Å². The number of halogens is 2. The molecule has 0 fully saturated rings. The fourth-order valence-electron chi connectivity index (χ4n) is 1.53. The van der Waals surface area contributed by atoms with Crippen LogP contribution in [0.2, 0.25) is 10.0 Å². The number of benzene rings is 1. The van der Waals surface area contributed by atoms with E-state index in [1.54, 1.807) is 17.4 Å². The average molecular weight is 315 g/mol. The standard InChI is InChI=1S/C14H16Cl2N2S/c1-14(2,3)13-18-8-10(19-13)7-17-9-4-5-11(15)12(16)6-9/h4-6,8,17H,7H2,1-3H3. The van der Waals surface area contributed by atoms with Gasteiger partial charge < -0.3 is 5.32 Å². The van der Waals surface area contributed by atoms with Crippen molar-refractivity contribution in [3.8, 4) is 0 Å². The Morgan fingerprint density at radius 1 is 1.21 bits per heavy atom. The number of hydrogen-bond acceptors (Lipinski definition) is 3. The number of nitrogens with one attached hydrogen (secondary N) is 1. The third-order valence-electron chi connectivity index (χ3n) is 2.58. The molecule has 0 bridgehead atoms. The lowest BCUT2D eigenvalue weighted by Crippen LogP contribution is -2.09. The zero-order valence-electron chi connectivity index (χ0n) is 11.1. The van der Waals surface area contributed by atoms with E-state index in [4.69, 9.17) is 23.2 Å². The van der Waals surface area contributed by atoms with E-state index in [-0.39, 0.29) is 5.41 Å². The van der Waals surface area contributed by atoms with Crippen LogP contribution < -0.4 is 5.32 Å². The fraction of sp³-hybridized carbons (Fsp3) is 0.357. The molecule has 0 saturated heterocycles. The maximum atomic E-state index is 5.98. The average Bonchev–Trinajstić information content (AvgIpc) is 2.79. The first kappa shape index (κ1) is 14.6. The van der Waals surface area contributed by atoms with Crippen LogP contribution in [0.25, 0.3) is 0 Å². The van der Waals surface area contributed by atoms with Gasteiger partial charge in [-0.15, -0.1) is 11.3 Å². The van der Waals surface area contributed by atoms with E-state index in [1.807, 2.05) is 18.3 Å². The molecular formula is C14H16Cl2N2S. The van der Waals surface area contributed by atoms with Crippen LogP contribution in [-0.2, 0) is 12.0 Å². The first-order valence-electron chi connectivity index (χ1n) is 6.00. The van der Waals surface area contributed by atoms with Crippen molar-refractivity contribution in [3.05, 3.63) is 44.3 Å². The molecule has 1 heterocycles. The van der Waals surface area contributed by atoms with Gasteiger partial charge in [-0.2, -0.15) is 0 Å². The van der Waals surface area contributed by atoms with Crippen LogP contribution in [0.15, 0.2) is 24.4 Å². The van der Waals surface area contributed by atoms with Crippen LogP contribution >= 0.6 is 34.5 Å². The zero-order valence-corrected chi connectivity index (χ0v) is 13.5. The molecule has 0 aliphatic carbocycles. The van der Waals surface area contributed by atoms with Gasteiger partial charge >= 0.3 is 0 Å². The van der Waals surface area contributed by atoms with Crippen LogP contribution in [0.4, 0.5) is 5.69 Å². The van der Waals surface area contributed by atoms with Crippen molar-refractivity contribution >= 4 is 40.2 Å². The van der Waals surface area contributed by atoms with Gasteiger partial charge in [0.15, 0.2) is 0 Å². The maximum absolute atomic E-state index is 5.98. The number of rotatable bonds is 3. The van der Waals surface area contributed by atoms with Crippen molar-refractivity contribution in [1.82, 2.24) is 4.98 Å². The molecule has 0 aliphatic heterocycles. The summed E-state index contributed by atoms with van der Waals surface area (Å²) in [6, 6.07) is 5.54. The summed E-state index contributed by atoms with van der Waals surface area (Å²) in [4.78, 5) is 5.67. The Morgan fingerprint density at radius 3 is 2.53 bits per heavy atom. The summed E-state index contributed by atoms with van der Waals surface area (Å²) in [5.74, 6) is 0. The molecule has 0 radical (unpaired) electrons. The summed E-state index contributed by atoms with van der Waals surface area (Å²) in [6.07, 6.45) is 1.93. The second-order valence-electron chi connectivity index (χ2n) is 5.36. The van der Waals surface area contributed by atoms with Gasteiger partial charge in [0.1, 0.15) is 0 Å². The van der Waals surface area contributed by atoms with Gasteiger partial charge in [-0.1, -0.05) is 44.0 Å². The third-order valence-corrected chi connectivity index (χ3v) is 4.74. The molecule has 1 aromatic carbocycles. The summed E-state index contributed by atoms with van der Waals surface area (Å²) in [5.41, 5.74) is 1.06. The Bertz CT molecular complexity index is 573. The Morgan fingerprint density at radius 2 is 1.95 bits per heavy atom. The molecule has 0 saturated carbocycles. The molecule has 0 aliphatic rings. The lowest BCUT2D eigenvalue weighted by molar-refractivity contribution is 0.585. The first-order valence-corrected chi connectivity index (χ1v) is 7.57. The topological polar surface area (TPSA) is 24.9 Å². The van der Waals surface area contributed by atoms with Gasteiger partial charge in [-0.25, -0.2) is 4.98 Å². The molecule has 0 spiro atoms. The smallest absolute Gasteiger partial charge is 0.0981 e. The minimum Gasteiger partial charge on any atom is -0.380 e. The highest BCUT2D eigenvalue weighted by Crippen LogP contribution is 2.28. The van der Waals surface area contributed by atoms with Crippen molar-refractivity contribution in [2.24, 2.45) is 0 Å². The first-order chi connectivity index (χ1) is 8.86. The summed E-state index contributed by atoms with van der Waals surface area (Å²) in [7, 11) is 0. The molecule has 1 N–H and O–H groups in total. The van der Waals surface area contributed by atoms with E-state index >= 15 is 0 Å². The molecule has 1 aromatic heterocycles. The van der Waals surface area contributed by atoms with Crippen LogP contribution in [0, 0.1) is 0 Å². The van der Waals surface area contributed by atoms with Crippen LogP contribution in [-0.4, -0.2) is 4.98 Å². The van der Waals surface area contributed by atoms with Crippen LogP contribution in [0.1, 0.15) is 30.7 Å². The number of hydrogen-bond donors (Lipinski definition) is 1. The lowest BCUT2D eigenvalue weighted by atomic mass is 9.98. The van der Waals surface area contributed by atoms with Gasteiger partial charge in [0.25, 0.3) is 0 Å². The van der Waals surface area contributed by atoms with E-state index < -0.39 is 0 Å². The summed E-state index contributed by atoms with van der Waals surface area (Å²) in [5, 5.41) is 5.60. The molecule has 0 amide bonds. The largest absolute Gasteiger partial charge is 0.380 e. The summed E-state index contributed by atoms with van der Waals surface area (Å²) < 4.78 is 0. The zero-order chi connectivity index (χ0) is 14.0. The highest BCUT2D eigenvalue weighted by Gasteiger charge is 2.17. The molecule has 102 valence electrons. The SMILES string of the molecule is CC(C)(C)c1ncc(CNc2ccc(Cl)c(Cl)c2)s1. The normalized spacial score (nSPS) is 11.6. The predicted octanol–water partition coefficient (Wildman–Crippen LogP) is 5.36. The van der Waals surface area contributed by atoms with Crippen LogP contribution in [0.5, 0.6) is 0 Å². The quantitative estimate of drug-likeness (QED) is 0.825. The Hall–Kier alpha value is -0.770. The molecule has 2 rings (SSSR count). The van der Waals surface area contributed by atoms with E-state index in [2.05, 4.69) is 31.1 Å². The number of anilines is 1. The molecule has 2 aromatic rings. The molecular weight excluding hydrogens is 299 g/mol. The van der Waals surface area contributed by atoms with Crippen LogP contribution in [0.3, 0.4) is 0 Å². The van der Waals surface area contributed by atoms with Gasteiger partial charge in [-0.3, -0.25) is 0 Å². The van der Waals surface area contributed by atoms with Crippen molar-refractivity contribution in [2.75, 3.05) is 5.32 Å². The monoisotopic (exact) mass is 314 g/mol. The summed E-state index contributed by atoms with van der Waals surface area (Å²) in [6.45, 7) is 7.25. The van der Waals surface area contributed by atoms with E-state index in [0.29, 0.717) is 10.0 Å². The molecule has 0 atom stereocenters. The van der Waals surface area contributed by atoms with E-state index in [9.17, 15) is 0 Å². The molecule has 5 heteroatoms. The lowest BCUT2D eigenvalue weighted by Gasteiger charge is -2.13. The maximum Gasteiger partial charge on any atom is 0.0981 e. The van der Waals surface area contributed by atoms with Gasteiger partial charge in [0.05, 0.1) is 21.6 Å². The van der Waals surface area contributed by atoms with Crippen molar-refractivity contribution in [1.29, 1.82) is 0 Å². The second kappa shape index (κ2) is 5.70. The number of thiazole rings is 1. The third kappa shape index (κ3) is 3.85. The summed E-state index contributed by atoms with van der Waals surface area (Å²) >= 11 is 13.6. The highest BCUT2D eigenvalue weighted by atomic mass is 35.5. The van der Waals surface area contributed by atoms with Crippen molar-refractivity contribution < 1.29 is 0 Å². The number of aromatic nitrogens is 1. The molecule has 2 nitrogen and oxygen atoms in total. The molecule has 19 heavy (non-hydrogen) atoms. The minimum atomic E-state index is 0.104. The van der Waals surface area contributed by atoms with Gasteiger partial charge in [-0.05, 0) is 18.2 Å². The fourth-order valence-corrected chi connectivity index (χ4v) is 2.74. The Kier molecular flexibility index (Phi) is 4.39. The van der Waals surface area contributed by atoms with Crippen molar-refractivity contribution in [2.45, 2.75) is 32.7 Å². The minimum absolute atomic E-state index is 0.104. The Balaban J connectivity index is 2.02. The van der Waals surface area contributed by atoms with Crippen molar-refractivity contribution in [3.63, 3.8) is 0 Å². The predicted molar refractivity (Wildman–Crippen MR) is 84.6 cm³/mol. The second-order valence-corrected chi connectivity index (χ2v) is 7.29. The van der Waals surface area contributed by atoms with E-state index in [1.165, 1.54) is 4.88 Å². The van der Waals surface area contributed by atoms with E-state index in [0.717, 1.165) is 17.2 Å². The number of nitrogens with zero attached hydrogens (tertiary/aromatic N) is 1. The van der Waals surface area contributed by atoms with Gasteiger partial charge in [0, 0.05) is 22.2 Å².